The molecule has 1 unspecified atom stereocenters. The van der Waals surface area contributed by atoms with Gasteiger partial charge in [-0.3, -0.25) is 4.90 Å². The van der Waals surface area contributed by atoms with Gasteiger partial charge in [-0.05, 0) is 38.4 Å². The molecule has 1 aliphatic rings. The minimum absolute atomic E-state index is 0.582. The van der Waals surface area contributed by atoms with E-state index in [1.54, 1.807) is 0 Å². The minimum atomic E-state index is 0.582. The van der Waals surface area contributed by atoms with Crippen LogP contribution in [0.1, 0.15) is 12.8 Å². The van der Waals surface area contributed by atoms with Crippen molar-refractivity contribution in [3.05, 3.63) is 0 Å². The molecule has 15 heavy (non-hydrogen) atoms. The highest BCUT2D eigenvalue weighted by molar-refractivity contribution is 7.98. The number of rotatable bonds is 6. The number of nitrogens with zero attached hydrogens (tertiary/aromatic N) is 2. The van der Waals surface area contributed by atoms with Crippen molar-refractivity contribution >= 4 is 11.8 Å². The smallest absolute Gasteiger partial charge is 0.0346 e. The quantitative estimate of drug-likeness (QED) is 0.682. The lowest BCUT2D eigenvalue weighted by molar-refractivity contribution is 0.0933. The third-order valence-corrected chi connectivity index (χ3v) is 3.82. The lowest BCUT2D eigenvalue weighted by Crippen LogP contribution is -2.54. The molecule has 0 aromatic carbocycles. The average Bonchev–Trinajstić information content (AvgIpc) is 2.26. The fourth-order valence-electron chi connectivity index (χ4n) is 2.13. The molecule has 0 aromatic heterocycles. The van der Waals surface area contributed by atoms with E-state index in [4.69, 9.17) is 5.73 Å². The largest absolute Gasteiger partial charge is 0.329 e. The molecule has 90 valence electrons. The van der Waals surface area contributed by atoms with Gasteiger partial charge in [0.1, 0.15) is 0 Å². The molecule has 1 saturated heterocycles. The first kappa shape index (κ1) is 13.3. The van der Waals surface area contributed by atoms with Crippen LogP contribution in [0.5, 0.6) is 0 Å². The van der Waals surface area contributed by atoms with Gasteiger partial charge in [0.15, 0.2) is 0 Å². The van der Waals surface area contributed by atoms with Gasteiger partial charge in [-0.2, -0.15) is 11.8 Å². The third kappa shape index (κ3) is 4.72. The lowest BCUT2D eigenvalue weighted by Gasteiger charge is -2.39. The molecule has 0 aromatic rings. The highest BCUT2D eigenvalue weighted by atomic mass is 32.2. The van der Waals surface area contributed by atoms with E-state index < -0.39 is 0 Å². The normalized spacial score (nSPS) is 24.6. The summed E-state index contributed by atoms with van der Waals surface area (Å²) in [5.74, 6) is 1.29. The van der Waals surface area contributed by atoms with Gasteiger partial charge in [0.05, 0.1) is 0 Å². The summed E-state index contributed by atoms with van der Waals surface area (Å²) in [4.78, 5) is 4.95. The molecule has 0 saturated carbocycles. The first-order valence-electron chi connectivity index (χ1n) is 5.89. The Labute approximate surface area is 98.4 Å². The van der Waals surface area contributed by atoms with Gasteiger partial charge in [-0.15, -0.1) is 0 Å². The summed E-state index contributed by atoms with van der Waals surface area (Å²) >= 11 is 1.94. The van der Waals surface area contributed by atoms with Crippen molar-refractivity contribution in [2.45, 2.75) is 18.9 Å². The number of nitrogens with two attached hydrogens (primary N) is 1. The number of unbranched alkanes of at least 4 members (excludes halogenated alkanes) is 1. The molecular weight excluding hydrogens is 206 g/mol. The Morgan fingerprint density at radius 3 is 2.80 bits per heavy atom. The average molecular weight is 231 g/mol. The van der Waals surface area contributed by atoms with Crippen LogP contribution in [0, 0.1) is 0 Å². The molecule has 1 rings (SSSR count). The molecule has 0 radical (unpaired) electrons. The monoisotopic (exact) mass is 231 g/mol. The summed E-state index contributed by atoms with van der Waals surface area (Å²) in [5, 5.41) is 0. The summed E-state index contributed by atoms with van der Waals surface area (Å²) in [7, 11) is 2.19. The Morgan fingerprint density at radius 1 is 1.33 bits per heavy atom. The van der Waals surface area contributed by atoms with Crippen LogP contribution < -0.4 is 5.73 Å². The second kappa shape index (κ2) is 7.49. The number of thioether (sulfide) groups is 1. The van der Waals surface area contributed by atoms with Crippen molar-refractivity contribution < 1.29 is 0 Å². The highest BCUT2D eigenvalue weighted by Crippen LogP contribution is 2.09. The minimum Gasteiger partial charge on any atom is -0.329 e. The van der Waals surface area contributed by atoms with Gasteiger partial charge >= 0.3 is 0 Å². The summed E-state index contributed by atoms with van der Waals surface area (Å²) in [6, 6.07) is 0.582. The van der Waals surface area contributed by atoms with E-state index in [-0.39, 0.29) is 0 Å². The Kier molecular flexibility index (Phi) is 6.64. The molecule has 0 aliphatic carbocycles. The van der Waals surface area contributed by atoms with Gasteiger partial charge in [0.25, 0.3) is 0 Å². The molecule has 2 N–H and O–H groups in total. The maximum atomic E-state index is 5.81. The van der Waals surface area contributed by atoms with E-state index in [1.165, 1.54) is 38.2 Å². The molecule has 4 heteroatoms. The Morgan fingerprint density at radius 2 is 2.13 bits per heavy atom. The summed E-state index contributed by atoms with van der Waals surface area (Å²) in [6.07, 6.45) is 4.84. The van der Waals surface area contributed by atoms with E-state index in [2.05, 4.69) is 23.1 Å². The molecule has 0 amide bonds. The van der Waals surface area contributed by atoms with Crippen molar-refractivity contribution in [1.29, 1.82) is 0 Å². The number of likely N-dealkylation sites (N-methyl/N-ethyl adjacent to an activating group) is 1. The maximum Gasteiger partial charge on any atom is 0.0346 e. The summed E-state index contributed by atoms with van der Waals surface area (Å²) < 4.78 is 0. The van der Waals surface area contributed by atoms with Crippen LogP contribution in [-0.2, 0) is 0 Å². The Bertz CT molecular complexity index is 166. The van der Waals surface area contributed by atoms with E-state index in [9.17, 15) is 0 Å². The predicted octanol–water partition coefficient (Wildman–Crippen LogP) is 0.704. The van der Waals surface area contributed by atoms with Crippen LogP contribution >= 0.6 is 11.8 Å². The van der Waals surface area contributed by atoms with Crippen LogP contribution in [0.25, 0.3) is 0 Å². The number of hydrogen-bond donors (Lipinski definition) is 1. The second-order valence-electron chi connectivity index (χ2n) is 4.39. The first-order valence-corrected chi connectivity index (χ1v) is 7.29. The van der Waals surface area contributed by atoms with Gasteiger partial charge in [-0.25, -0.2) is 0 Å². The molecule has 0 bridgehead atoms. The fraction of sp³-hybridized carbons (Fsp3) is 1.00. The van der Waals surface area contributed by atoms with Crippen LogP contribution in [0.4, 0.5) is 0 Å². The van der Waals surface area contributed by atoms with Gasteiger partial charge in [0, 0.05) is 32.2 Å². The zero-order valence-electron chi connectivity index (χ0n) is 10.1. The predicted molar refractivity (Wildman–Crippen MR) is 69.5 cm³/mol. The van der Waals surface area contributed by atoms with Crippen LogP contribution in [0.15, 0.2) is 0 Å². The molecule has 0 spiro atoms. The van der Waals surface area contributed by atoms with Gasteiger partial charge < -0.3 is 10.6 Å². The third-order valence-electron chi connectivity index (χ3n) is 3.12. The topological polar surface area (TPSA) is 32.5 Å². The lowest BCUT2D eigenvalue weighted by atomic mass is 10.1. The van der Waals surface area contributed by atoms with E-state index in [0.717, 1.165) is 13.1 Å². The van der Waals surface area contributed by atoms with E-state index in [0.29, 0.717) is 6.04 Å². The molecular formula is C11H25N3S. The SMILES string of the molecule is CSCCCCN1CCN(C)CC1CN. The fourth-order valence-corrected chi connectivity index (χ4v) is 2.62. The summed E-state index contributed by atoms with van der Waals surface area (Å²) in [5.41, 5.74) is 5.81. The zero-order chi connectivity index (χ0) is 11.1. The van der Waals surface area contributed by atoms with Crippen LogP contribution in [-0.4, -0.2) is 67.6 Å². The van der Waals surface area contributed by atoms with Crippen LogP contribution in [0.2, 0.25) is 0 Å². The standard InChI is InChI=1S/C11H25N3S/c1-13-6-7-14(11(9-12)10-13)5-3-4-8-15-2/h11H,3-10,12H2,1-2H3. The Balaban J connectivity index is 2.20. The molecule has 1 atom stereocenters. The van der Waals surface area contributed by atoms with Crippen molar-refractivity contribution in [3.8, 4) is 0 Å². The molecule has 3 nitrogen and oxygen atoms in total. The Hall–Kier alpha value is 0.230. The van der Waals surface area contributed by atoms with E-state index in [1.807, 2.05) is 11.8 Å². The van der Waals surface area contributed by atoms with Gasteiger partial charge in [0.2, 0.25) is 0 Å². The van der Waals surface area contributed by atoms with Gasteiger partial charge in [-0.1, -0.05) is 0 Å². The van der Waals surface area contributed by atoms with Crippen molar-refractivity contribution in [1.82, 2.24) is 9.80 Å². The molecule has 1 heterocycles. The highest BCUT2D eigenvalue weighted by Gasteiger charge is 2.22. The second-order valence-corrected chi connectivity index (χ2v) is 5.37. The van der Waals surface area contributed by atoms with Crippen molar-refractivity contribution in [2.75, 3.05) is 51.8 Å². The summed E-state index contributed by atoms with van der Waals surface area (Å²) in [6.45, 7) is 5.55. The molecule has 1 fully saturated rings. The maximum absolute atomic E-state index is 5.81. The van der Waals surface area contributed by atoms with E-state index >= 15 is 0 Å². The van der Waals surface area contributed by atoms with Crippen molar-refractivity contribution in [2.24, 2.45) is 5.73 Å². The molecule has 1 aliphatic heterocycles. The first-order chi connectivity index (χ1) is 7.27. The van der Waals surface area contributed by atoms with Crippen LogP contribution in [0.3, 0.4) is 0 Å². The number of piperazine rings is 1. The zero-order valence-corrected chi connectivity index (χ0v) is 10.9. The van der Waals surface area contributed by atoms with Crippen molar-refractivity contribution in [3.63, 3.8) is 0 Å². The number of hydrogen-bond acceptors (Lipinski definition) is 4.